The third-order valence-electron chi connectivity index (χ3n) is 1.26. The van der Waals surface area contributed by atoms with Crippen LogP contribution in [0, 0.1) is 9.39 Å². The van der Waals surface area contributed by atoms with Crippen molar-refractivity contribution in [2.24, 2.45) is 0 Å². The van der Waals surface area contributed by atoms with Crippen molar-refractivity contribution in [3.05, 3.63) is 21.1 Å². The SMILES string of the molecule is Nc1ncc(I)c(F)c1C(F)F. The van der Waals surface area contributed by atoms with Crippen molar-refractivity contribution in [2.75, 3.05) is 5.73 Å². The van der Waals surface area contributed by atoms with E-state index in [9.17, 15) is 13.2 Å². The van der Waals surface area contributed by atoms with Gasteiger partial charge < -0.3 is 5.73 Å². The second-order valence-corrected chi connectivity index (χ2v) is 3.18. The smallest absolute Gasteiger partial charge is 0.270 e. The Morgan fingerprint density at radius 3 is 2.50 bits per heavy atom. The van der Waals surface area contributed by atoms with Crippen molar-refractivity contribution < 1.29 is 13.2 Å². The summed E-state index contributed by atoms with van der Waals surface area (Å²) in [7, 11) is 0. The third-order valence-corrected chi connectivity index (χ3v) is 2.01. The molecule has 0 fully saturated rings. The Kier molecular flexibility index (Phi) is 2.76. The molecule has 0 atom stereocenters. The van der Waals surface area contributed by atoms with E-state index in [1.165, 1.54) is 0 Å². The lowest BCUT2D eigenvalue weighted by Crippen LogP contribution is -2.03. The van der Waals surface area contributed by atoms with E-state index in [1.54, 1.807) is 22.6 Å². The quantitative estimate of drug-likeness (QED) is 0.806. The molecule has 1 rings (SSSR count). The van der Waals surface area contributed by atoms with Crippen LogP contribution in [0.15, 0.2) is 6.20 Å². The van der Waals surface area contributed by atoms with Crippen molar-refractivity contribution in [1.29, 1.82) is 0 Å². The number of pyridine rings is 1. The van der Waals surface area contributed by atoms with Crippen LogP contribution in [0.4, 0.5) is 19.0 Å². The average Bonchev–Trinajstić information content (AvgIpc) is 1.97. The van der Waals surface area contributed by atoms with Crippen LogP contribution in [0.25, 0.3) is 0 Å². The minimum absolute atomic E-state index is 0.0390. The summed E-state index contributed by atoms with van der Waals surface area (Å²) < 4.78 is 37.2. The molecule has 2 nitrogen and oxygen atoms in total. The molecule has 0 aliphatic heterocycles. The summed E-state index contributed by atoms with van der Waals surface area (Å²) in [5.74, 6) is -1.44. The molecular weight excluding hydrogens is 284 g/mol. The van der Waals surface area contributed by atoms with Crippen LogP contribution in [0.5, 0.6) is 0 Å². The summed E-state index contributed by atoms with van der Waals surface area (Å²) >= 11 is 1.57. The highest BCUT2D eigenvalue weighted by atomic mass is 127. The van der Waals surface area contributed by atoms with Crippen LogP contribution in [0.1, 0.15) is 12.0 Å². The van der Waals surface area contributed by atoms with Crippen molar-refractivity contribution >= 4 is 28.4 Å². The van der Waals surface area contributed by atoms with Crippen molar-refractivity contribution in [2.45, 2.75) is 6.43 Å². The molecule has 1 aromatic heterocycles. The van der Waals surface area contributed by atoms with Crippen LogP contribution in [-0.2, 0) is 0 Å². The molecule has 0 aliphatic carbocycles. The molecule has 0 aromatic carbocycles. The predicted octanol–water partition coefficient (Wildman–Crippen LogP) is 2.35. The Morgan fingerprint density at radius 1 is 1.50 bits per heavy atom. The molecular formula is C6H4F3IN2. The van der Waals surface area contributed by atoms with Gasteiger partial charge in [0.15, 0.2) is 5.82 Å². The van der Waals surface area contributed by atoms with Gasteiger partial charge in [-0.2, -0.15) is 0 Å². The monoisotopic (exact) mass is 288 g/mol. The number of hydrogen-bond donors (Lipinski definition) is 1. The standard InChI is InChI=1S/C6H4F3IN2/c7-4-2(10)1-12-6(11)3(4)5(8)9/h1,5H,(H2,11,12). The maximum absolute atomic E-state index is 12.9. The van der Waals surface area contributed by atoms with Crippen LogP contribution in [0.2, 0.25) is 0 Å². The molecule has 0 saturated heterocycles. The number of rotatable bonds is 1. The molecule has 2 N–H and O–H groups in total. The van der Waals surface area contributed by atoms with Gasteiger partial charge in [0.25, 0.3) is 6.43 Å². The first kappa shape index (κ1) is 9.56. The molecule has 0 aliphatic rings. The first-order chi connectivity index (χ1) is 5.54. The van der Waals surface area contributed by atoms with E-state index >= 15 is 0 Å². The van der Waals surface area contributed by atoms with Crippen molar-refractivity contribution in [3.63, 3.8) is 0 Å². The van der Waals surface area contributed by atoms with E-state index in [-0.39, 0.29) is 3.57 Å². The zero-order chi connectivity index (χ0) is 9.30. The fourth-order valence-corrected chi connectivity index (χ4v) is 1.13. The number of alkyl halides is 2. The van der Waals surface area contributed by atoms with E-state index < -0.39 is 23.6 Å². The maximum atomic E-state index is 12.9. The van der Waals surface area contributed by atoms with E-state index in [4.69, 9.17) is 5.73 Å². The Labute approximate surface area is 80.1 Å². The number of nitrogens with two attached hydrogens (primary N) is 1. The number of aromatic nitrogens is 1. The van der Waals surface area contributed by atoms with E-state index in [2.05, 4.69) is 4.98 Å². The lowest BCUT2D eigenvalue weighted by atomic mass is 10.2. The minimum atomic E-state index is -2.92. The van der Waals surface area contributed by atoms with E-state index in [0.717, 1.165) is 6.20 Å². The van der Waals surface area contributed by atoms with Gasteiger partial charge in [0, 0.05) is 6.20 Å². The number of nitrogen functional groups attached to an aromatic ring is 1. The lowest BCUT2D eigenvalue weighted by Gasteiger charge is -2.05. The molecule has 0 saturated carbocycles. The molecule has 0 radical (unpaired) electrons. The van der Waals surface area contributed by atoms with Gasteiger partial charge in [0.05, 0.1) is 9.13 Å². The molecule has 66 valence electrons. The molecule has 0 amide bonds. The van der Waals surface area contributed by atoms with Gasteiger partial charge in [0.1, 0.15) is 5.82 Å². The first-order valence-electron chi connectivity index (χ1n) is 2.91. The molecule has 1 heterocycles. The Balaban J connectivity index is 3.33. The minimum Gasteiger partial charge on any atom is -0.383 e. The molecule has 0 bridgehead atoms. The van der Waals surface area contributed by atoms with Gasteiger partial charge in [-0.25, -0.2) is 18.2 Å². The molecule has 12 heavy (non-hydrogen) atoms. The highest BCUT2D eigenvalue weighted by Crippen LogP contribution is 2.28. The van der Waals surface area contributed by atoms with Gasteiger partial charge >= 0.3 is 0 Å². The van der Waals surface area contributed by atoms with Gasteiger partial charge in [-0.15, -0.1) is 0 Å². The predicted molar refractivity (Wildman–Crippen MR) is 46.3 cm³/mol. The van der Waals surface area contributed by atoms with Gasteiger partial charge in [-0.1, -0.05) is 0 Å². The summed E-state index contributed by atoms with van der Waals surface area (Å²) in [6.07, 6.45) is -1.82. The van der Waals surface area contributed by atoms with Crippen LogP contribution in [0.3, 0.4) is 0 Å². The van der Waals surface area contributed by atoms with E-state index in [0.29, 0.717) is 0 Å². The van der Waals surface area contributed by atoms with Crippen LogP contribution in [-0.4, -0.2) is 4.98 Å². The summed E-state index contributed by atoms with van der Waals surface area (Å²) in [5, 5.41) is 0. The zero-order valence-corrected chi connectivity index (χ0v) is 7.85. The highest BCUT2D eigenvalue weighted by Gasteiger charge is 2.19. The molecule has 0 unspecified atom stereocenters. The highest BCUT2D eigenvalue weighted by molar-refractivity contribution is 14.1. The average molecular weight is 288 g/mol. The molecule has 0 spiro atoms. The van der Waals surface area contributed by atoms with Gasteiger partial charge in [-0.05, 0) is 22.6 Å². The Morgan fingerprint density at radius 2 is 2.08 bits per heavy atom. The topological polar surface area (TPSA) is 38.9 Å². The second kappa shape index (κ2) is 3.46. The first-order valence-corrected chi connectivity index (χ1v) is 3.99. The number of halogens is 4. The van der Waals surface area contributed by atoms with Gasteiger partial charge in [0.2, 0.25) is 0 Å². The fourth-order valence-electron chi connectivity index (χ4n) is 0.701. The molecule has 6 heteroatoms. The number of hydrogen-bond acceptors (Lipinski definition) is 2. The largest absolute Gasteiger partial charge is 0.383 e. The molecule has 1 aromatic rings. The Hall–Kier alpha value is -0.530. The zero-order valence-electron chi connectivity index (χ0n) is 5.69. The van der Waals surface area contributed by atoms with Crippen LogP contribution < -0.4 is 5.73 Å². The second-order valence-electron chi connectivity index (χ2n) is 2.02. The van der Waals surface area contributed by atoms with Crippen LogP contribution >= 0.6 is 22.6 Å². The van der Waals surface area contributed by atoms with E-state index in [1.807, 2.05) is 0 Å². The number of nitrogens with zero attached hydrogens (tertiary/aromatic N) is 1. The summed E-state index contributed by atoms with van der Waals surface area (Å²) in [5.41, 5.74) is 4.24. The lowest BCUT2D eigenvalue weighted by molar-refractivity contribution is 0.146. The third kappa shape index (κ3) is 1.62. The van der Waals surface area contributed by atoms with Crippen molar-refractivity contribution in [1.82, 2.24) is 4.98 Å². The van der Waals surface area contributed by atoms with Crippen molar-refractivity contribution in [3.8, 4) is 0 Å². The summed E-state index contributed by atoms with van der Waals surface area (Å²) in [6.45, 7) is 0. The fraction of sp³-hybridized carbons (Fsp3) is 0.167. The normalized spacial score (nSPS) is 10.8. The maximum Gasteiger partial charge on any atom is 0.270 e. The number of anilines is 1. The Bertz CT molecular complexity index is 303. The summed E-state index contributed by atoms with van der Waals surface area (Å²) in [6, 6.07) is 0. The summed E-state index contributed by atoms with van der Waals surface area (Å²) in [4.78, 5) is 3.41. The van der Waals surface area contributed by atoms with Gasteiger partial charge in [-0.3, -0.25) is 0 Å².